The summed E-state index contributed by atoms with van der Waals surface area (Å²) in [5.74, 6) is 1.37. The summed E-state index contributed by atoms with van der Waals surface area (Å²) in [4.78, 5) is 12.8. The molecule has 90 valence electrons. The summed E-state index contributed by atoms with van der Waals surface area (Å²) in [6.45, 7) is 2.97. The quantitative estimate of drug-likeness (QED) is 0.923. The summed E-state index contributed by atoms with van der Waals surface area (Å²) < 4.78 is 1.48. The molecule has 0 radical (unpaired) electrons. The second-order valence-corrected chi connectivity index (χ2v) is 5.80. The Labute approximate surface area is 117 Å². The molecule has 4 nitrogen and oxygen atoms in total. The molecular formula is C10H10BrClN4S. The zero-order valence-electron chi connectivity index (χ0n) is 9.07. The third kappa shape index (κ3) is 3.14. The summed E-state index contributed by atoms with van der Waals surface area (Å²) >= 11 is 10.6. The lowest BCUT2D eigenvalue weighted by atomic mass is 10.4. The van der Waals surface area contributed by atoms with Crippen molar-refractivity contribution in [3.05, 3.63) is 21.2 Å². The molecule has 0 aliphatic carbocycles. The van der Waals surface area contributed by atoms with Gasteiger partial charge in [0.2, 0.25) is 0 Å². The van der Waals surface area contributed by atoms with Gasteiger partial charge in [-0.3, -0.25) is 0 Å². The van der Waals surface area contributed by atoms with Crippen molar-refractivity contribution >= 4 is 44.7 Å². The number of nitrogens with zero attached hydrogens (tertiary/aromatic N) is 3. The minimum absolute atomic E-state index is 0.587. The second kappa shape index (κ2) is 5.75. The van der Waals surface area contributed by atoms with E-state index in [0.717, 1.165) is 28.3 Å². The summed E-state index contributed by atoms with van der Waals surface area (Å²) in [5.41, 5.74) is 0. The molecule has 0 aromatic carbocycles. The summed E-state index contributed by atoms with van der Waals surface area (Å²) in [6, 6.07) is 0. The highest BCUT2D eigenvalue weighted by Crippen LogP contribution is 2.28. The number of thiazole rings is 1. The molecule has 0 atom stereocenters. The number of hydrogen-bond donors (Lipinski definition) is 1. The number of rotatable bonds is 4. The van der Waals surface area contributed by atoms with Crippen LogP contribution in [-0.2, 0) is 0 Å². The second-order valence-electron chi connectivity index (χ2n) is 3.29. The van der Waals surface area contributed by atoms with Crippen molar-refractivity contribution in [2.45, 2.75) is 13.3 Å². The highest BCUT2D eigenvalue weighted by Gasteiger charge is 2.09. The van der Waals surface area contributed by atoms with Crippen molar-refractivity contribution in [2.24, 2.45) is 0 Å². The summed E-state index contributed by atoms with van der Waals surface area (Å²) in [7, 11) is 0. The van der Waals surface area contributed by atoms with Crippen molar-refractivity contribution in [1.82, 2.24) is 15.0 Å². The lowest BCUT2D eigenvalue weighted by molar-refractivity contribution is 0.963. The van der Waals surface area contributed by atoms with Crippen LogP contribution in [0, 0.1) is 0 Å². The molecular weight excluding hydrogens is 324 g/mol. The molecule has 2 aromatic rings. The first-order valence-corrected chi connectivity index (χ1v) is 7.07. The molecule has 0 saturated heterocycles. The van der Waals surface area contributed by atoms with Crippen LogP contribution in [-0.4, -0.2) is 21.5 Å². The Morgan fingerprint density at radius 3 is 2.88 bits per heavy atom. The molecule has 2 rings (SSSR count). The number of halogens is 2. The molecule has 0 saturated carbocycles. The molecule has 2 aromatic heterocycles. The topological polar surface area (TPSA) is 50.7 Å². The van der Waals surface area contributed by atoms with Crippen LogP contribution in [0.25, 0.3) is 10.8 Å². The van der Waals surface area contributed by atoms with E-state index in [2.05, 4.69) is 43.1 Å². The van der Waals surface area contributed by atoms with Gasteiger partial charge < -0.3 is 5.32 Å². The van der Waals surface area contributed by atoms with Crippen molar-refractivity contribution in [3.8, 4) is 10.8 Å². The Kier molecular flexibility index (Phi) is 4.31. The van der Waals surface area contributed by atoms with Gasteiger partial charge in [0, 0.05) is 12.7 Å². The predicted octanol–water partition coefficient (Wildman–Crippen LogP) is 3.84. The first-order chi connectivity index (χ1) is 8.20. The minimum Gasteiger partial charge on any atom is -0.369 e. The van der Waals surface area contributed by atoms with E-state index in [1.165, 1.54) is 11.3 Å². The van der Waals surface area contributed by atoms with Crippen LogP contribution in [0.2, 0.25) is 4.34 Å². The van der Waals surface area contributed by atoms with Gasteiger partial charge in [-0.25, -0.2) is 15.0 Å². The fraction of sp³-hybridized carbons (Fsp3) is 0.300. The van der Waals surface area contributed by atoms with Gasteiger partial charge in [-0.2, -0.15) is 0 Å². The Hall–Kier alpha value is -0.720. The van der Waals surface area contributed by atoms with Gasteiger partial charge in [0.15, 0.2) is 10.8 Å². The Balaban J connectivity index is 2.30. The first-order valence-electron chi connectivity index (χ1n) is 5.09. The van der Waals surface area contributed by atoms with Crippen LogP contribution in [0.5, 0.6) is 0 Å². The standard InChI is InChI=1S/C10H10BrClN4S/c1-2-3-13-8-6(11)4-14-9(16-8)10-15-5-7(12)17-10/h4-5H,2-3H2,1H3,(H,13,14,16). The SMILES string of the molecule is CCCNc1nc(-c2ncc(Cl)s2)ncc1Br. The van der Waals surface area contributed by atoms with Crippen LogP contribution in [0.4, 0.5) is 5.82 Å². The maximum absolute atomic E-state index is 5.84. The normalized spacial score (nSPS) is 10.5. The summed E-state index contributed by atoms with van der Waals surface area (Å²) in [5, 5.41) is 3.95. The van der Waals surface area contributed by atoms with E-state index in [1.54, 1.807) is 12.4 Å². The van der Waals surface area contributed by atoms with Gasteiger partial charge in [0.1, 0.15) is 10.2 Å². The molecule has 0 spiro atoms. The van der Waals surface area contributed by atoms with E-state index in [1.807, 2.05) is 0 Å². The van der Waals surface area contributed by atoms with Crippen LogP contribution in [0.15, 0.2) is 16.9 Å². The van der Waals surface area contributed by atoms with Crippen molar-refractivity contribution in [3.63, 3.8) is 0 Å². The monoisotopic (exact) mass is 332 g/mol. The van der Waals surface area contributed by atoms with Gasteiger partial charge in [-0.1, -0.05) is 29.9 Å². The lowest BCUT2D eigenvalue weighted by Crippen LogP contribution is -2.04. The fourth-order valence-corrected chi connectivity index (χ4v) is 2.38. The van der Waals surface area contributed by atoms with Gasteiger partial charge in [0.25, 0.3) is 0 Å². The zero-order valence-corrected chi connectivity index (χ0v) is 12.2. The molecule has 1 N–H and O–H groups in total. The van der Waals surface area contributed by atoms with Crippen LogP contribution in [0.3, 0.4) is 0 Å². The van der Waals surface area contributed by atoms with Gasteiger partial charge in [0.05, 0.1) is 10.7 Å². The molecule has 0 bridgehead atoms. The number of nitrogens with one attached hydrogen (secondary N) is 1. The molecule has 0 aliphatic heterocycles. The van der Waals surface area contributed by atoms with Crippen molar-refractivity contribution < 1.29 is 0 Å². The largest absolute Gasteiger partial charge is 0.369 e. The molecule has 0 aliphatic rings. The maximum Gasteiger partial charge on any atom is 0.190 e. The Morgan fingerprint density at radius 2 is 2.24 bits per heavy atom. The van der Waals surface area contributed by atoms with E-state index in [0.29, 0.717) is 10.2 Å². The van der Waals surface area contributed by atoms with E-state index in [-0.39, 0.29) is 0 Å². The van der Waals surface area contributed by atoms with Crippen molar-refractivity contribution in [1.29, 1.82) is 0 Å². The van der Waals surface area contributed by atoms with Crippen LogP contribution in [0.1, 0.15) is 13.3 Å². The zero-order chi connectivity index (χ0) is 12.3. The lowest BCUT2D eigenvalue weighted by Gasteiger charge is -2.06. The molecule has 17 heavy (non-hydrogen) atoms. The third-order valence-electron chi connectivity index (χ3n) is 1.96. The smallest absolute Gasteiger partial charge is 0.190 e. The maximum atomic E-state index is 5.84. The van der Waals surface area contributed by atoms with E-state index in [9.17, 15) is 0 Å². The van der Waals surface area contributed by atoms with Crippen molar-refractivity contribution in [2.75, 3.05) is 11.9 Å². The van der Waals surface area contributed by atoms with E-state index >= 15 is 0 Å². The fourth-order valence-electron chi connectivity index (χ4n) is 1.20. The highest BCUT2D eigenvalue weighted by molar-refractivity contribution is 9.10. The van der Waals surface area contributed by atoms with Gasteiger partial charge in [-0.15, -0.1) is 0 Å². The highest BCUT2D eigenvalue weighted by atomic mass is 79.9. The van der Waals surface area contributed by atoms with E-state index < -0.39 is 0 Å². The molecule has 0 unspecified atom stereocenters. The Morgan fingerprint density at radius 1 is 1.41 bits per heavy atom. The molecule has 0 fully saturated rings. The molecule has 2 heterocycles. The van der Waals surface area contributed by atoms with Gasteiger partial charge in [-0.05, 0) is 22.4 Å². The predicted molar refractivity (Wildman–Crippen MR) is 74.6 cm³/mol. The average Bonchev–Trinajstić information content (AvgIpc) is 2.75. The molecule has 7 heteroatoms. The van der Waals surface area contributed by atoms with Crippen LogP contribution >= 0.6 is 38.9 Å². The molecule has 0 amide bonds. The third-order valence-corrected chi connectivity index (χ3v) is 3.65. The van der Waals surface area contributed by atoms with Crippen LogP contribution < -0.4 is 5.32 Å². The number of hydrogen-bond acceptors (Lipinski definition) is 5. The summed E-state index contributed by atoms with van der Waals surface area (Å²) in [6.07, 6.45) is 4.36. The number of aromatic nitrogens is 3. The average molecular weight is 334 g/mol. The minimum atomic E-state index is 0.587. The first kappa shape index (κ1) is 12.7. The number of anilines is 1. The Bertz CT molecular complexity index is 517. The van der Waals surface area contributed by atoms with Gasteiger partial charge >= 0.3 is 0 Å². The van der Waals surface area contributed by atoms with E-state index in [4.69, 9.17) is 11.6 Å².